The molecule has 2 rings (SSSR count). The van der Waals surface area contributed by atoms with Gasteiger partial charge < -0.3 is 0 Å². The molecule has 0 atom stereocenters. The number of aromatic nitrogens is 3. The smallest absolute Gasteiger partial charge is 0.186 e. The molecule has 94 valence electrons. The van der Waals surface area contributed by atoms with Crippen molar-refractivity contribution in [2.24, 2.45) is 0 Å². The Morgan fingerprint density at radius 2 is 2.22 bits per heavy atom. The molecule has 2 aromatic heterocycles. The molecule has 0 aliphatic rings. The molecule has 0 N–H and O–H groups in total. The molecule has 5 heteroatoms. The highest BCUT2D eigenvalue weighted by Crippen LogP contribution is 2.11. The molecule has 0 aliphatic carbocycles. The van der Waals surface area contributed by atoms with E-state index < -0.39 is 0 Å². The topological polar surface area (TPSA) is 47.8 Å². The summed E-state index contributed by atoms with van der Waals surface area (Å²) in [7, 11) is 0. The van der Waals surface area contributed by atoms with Crippen molar-refractivity contribution in [2.45, 2.75) is 26.8 Å². The third kappa shape index (κ3) is 2.85. The molecular weight excluding hydrogens is 294 g/mol. The molecular formula is C13H14BrN3O. The van der Waals surface area contributed by atoms with Crippen molar-refractivity contribution >= 4 is 21.7 Å². The Morgan fingerprint density at radius 1 is 1.44 bits per heavy atom. The summed E-state index contributed by atoms with van der Waals surface area (Å²) in [6.45, 7) is 4.56. The monoisotopic (exact) mass is 307 g/mol. The largest absolute Gasteiger partial charge is 0.292 e. The molecule has 18 heavy (non-hydrogen) atoms. The number of aryl methyl sites for hydroxylation is 2. The van der Waals surface area contributed by atoms with Crippen LogP contribution in [0.25, 0.3) is 0 Å². The molecule has 0 radical (unpaired) electrons. The molecule has 0 aromatic carbocycles. The first kappa shape index (κ1) is 13.0. The van der Waals surface area contributed by atoms with Gasteiger partial charge in [0.05, 0.1) is 12.1 Å². The summed E-state index contributed by atoms with van der Waals surface area (Å²) in [5.41, 5.74) is 2.29. The zero-order valence-corrected chi connectivity index (χ0v) is 11.9. The Kier molecular flexibility index (Phi) is 3.91. The van der Waals surface area contributed by atoms with E-state index in [0.717, 1.165) is 15.9 Å². The first-order valence-electron chi connectivity index (χ1n) is 5.78. The van der Waals surface area contributed by atoms with Crippen molar-refractivity contribution in [3.63, 3.8) is 0 Å². The average molecular weight is 308 g/mol. The van der Waals surface area contributed by atoms with Crippen molar-refractivity contribution in [1.82, 2.24) is 14.8 Å². The summed E-state index contributed by atoms with van der Waals surface area (Å²) in [5.74, 6) is 0.0484. The summed E-state index contributed by atoms with van der Waals surface area (Å²) in [4.78, 5) is 16.4. The summed E-state index contributed by atoms with van der Waals surface area (Å²) in [5, 5.41) is 4.27. The van der Waals surface area contributed by atoms with E-state index in [1.807, 2.05) is 32.0 Å². The Balaban J connectivity index is 2.19. The van der Waals surface area contributed by atoms with Crippen LogP contribution in [-0.4, -0.2) is 20.5 Å². The first-order valence-corrected chi connectivity index (χ1v) is 6.57. The van der Waals surface area contributed by atoms with Gasteiger partial charge in [-0.2, -0.15) is 5.10 Å². The van der Waals surface area contributed by atoms with Gasteiger partial charge >= 0.3 is 0 Å². The van der Waals surface area contributed by atoms with Crippen LogP contribution in [0.4, 0.5) is 0 Å². The summed E-state index contributed by atoms with van der Waals surface area (Å²) < 4.78 is 2.64. The first-order chi connectivity index (χ1) is 8.60. The molecule has 2 heterocycles. The molecule has 2 aromatic rings. The summed E-state index contributed by atoms with van der Waals surface area (Å²) in [6.07, 6.45) is 2.00. The van der Waals surface area contributed by atoms with Crippen LogP contribution in [0, 0.1) is 6.92 Å². The van der Waals surface area contributed by atoms with Crippen LogP contribution in [0.15, 0.2) is 28.9 Å². The fourth-order valence-corrected chi connectivity index (χ4v) is 2.01. The maximum absolute atomic E-state index is 12.2. The molecule has 4 nitrogen and oxygen atoms in total. The van der Waals surface area contributed by atoms with E-state index in [2.05, 4.69) is 26.0 Å². The third-order valence-electron chi connectivity index (χ3n) is 2.62. The highest BCUT2D eigenvalue weighted by Gasteiger charge is 2.14. The van der Waals surface area contributed by atoms with Gasteiger partial charge in [0.1, 0.15) is 5.69 Å². The second-order valence-corrected chi connectivity index (χ2v) is 4.97. The predicted molar refractivity (Wildman–Crippen MR) is 72.6 cm³/mol. The quantitative estimate of drug-likeness (QED) is 0.816. The zero-order valence-electron chi connectivity index (χ0n) is 10.4. The number of carbonyl (C=O) groups excluding carboxylic acids is 1. The van der Waals surface area contributed by atoms with E-state index in [9.17, 15) is 4.79 Å². The Hall–Kier alpha value is -1.49. The summed E-state index contributed by atoms with van der Waals surface area (Å²) in [6, 6.07) is 5.56. The lowest BCUT2D eigenvalue weighted by Gasteiger charge is -2.03. The molecule has 0 amide bonds. The number of hydrogen-bond donors (Lipinski definition) is 0. The van der Waals surface area contributed by atoms with E-state index in [1.54, 1.807) is 10.9 Å². The van der Waals surface area contributed by atoms with Gasteiger partial charge in [0.15, 0.2) is 5.78 Å². The minimum Gasteiger partial charge on any atom is -0.292 e. The number of ketones is 1. The van der Waals surface area contributed by atoms with Gasteiger partial charge in [0, 0.05) is 22.9 Å². The van der Waals surface area contributed by atoms with E-state index in [1.165, 1.54) is 0 Å². The van der Waals surface area contributed by atoms with E-state index in [4.69, 9.17) is 0 Å². The van der Waals surface area contributed by atoms with Crippen molar-refractivity contribution in [1.29, 1.82) is 0 Å². The number of rotatable bonds is 4. The molecule has 0 aliphatic heterocycles. The van der Waals surface area contributed by atoms with Crippen LogP contribution in [-0.2, 0) is 13.0 Å². The van der Waals surface area contributed by atoms with Crippen LogP contribution < -0.4 is 0 Å². The fraction of sp³-hybridized carbons (Fsp3) is 0.308. The number of Topliss-reactive ketones (excluding diaryl/α,β-unsaturated/α-hetero) is 1. The molecule has 0 spiro atoms. The average Bonchev–Trinajstić information content (AvgIpc) is 2.73. The molecule has 0 unspecified atom stereocenters. The maximum Gasteiger partial charge on any atom is 0.186 e. The van der Waals surface area contributed by atoms with Gasteiger partial charge in [0.2, 0.25) is 0 Å². The fourth-order valence-electron chi connectivity index (χ4n) is 1.78. The third-order valence-corrected chi connectivity index (χ3v) is 3.09. The molecule has 0 saturated carbocycles. The maximum atomic E-state index is 12.2. The van der Waals surface area contributed by atoms with Gasteiger partial charge in [-0.05, 0) is 48.0 Å². The number of hydrogen-bond acceptors (Lipinski definition) is 3. The lowest BCUT2D eigenvalue weighted by Crippen LogP contribution is -2.12. The van der Waals surface area contributed by atoms with Crippen molar-refractivity contribution in [3.8, 4) is 0 Å². The van der Waals surface area contributed by atoms with Crippen LogP contribution in [0.1, 0.15) is 28.8 Å². The van der Waals surface area contributed by atoms with Gasteiger partial charge in [-0.3, -0.25) is 14.5 Å². The van der Waals surface area contributed by atoms with E-state index >= 15 is 0 Å². The predicted octanol–water partition coefficient (Wildman–Crippen LogP) is 2.79. The van der Waals surface area contributed by atoms with Crippen LogP contribution in [0.3, 0.4) is 0 Å². The minimum atomic E-state index is 0.0484. The SMILES string of the molecule is CCn1nc(C)cc1C(=O)Cc1ccc(Br)cn1. The molecule has 0 bridgehead atoms. The van der Waals surface area contributed by atoms with Gasteiger partial charge in [-0.1, -0.05) is 0 Å². The second-order valence-electron chi connectivity index (χ2n) is 4.05. The van der Waals surface area contributed by atoms with Crippen LogP contribution >= 0.6 is 15.9 Å². The minimum absolute atomic E-state index is 0.0484. The lowest BCUT2D eigenvalue weighted by molar-refractivity contribution is 0.0981. The van der Waals surface area contributed by atoms with Gasteiger partial charge in [0.25, 0.3) is 0 Å². The van der Waals surface area contributed by atoms with E-state index in [0.29, 0.717) is 18.7 Å². The highest BCUT2D eigenvalue weighted by atomic mass is 79.9. The Bertz CT molecular complexity index is 560. The van der Waals surface area contributed by atoms with Crippen LogP contribution in [0.2, 0.25) is 0 Å². The number of halogens is 1. The van der Waals surface area contributed by atoms with E-state index in [-0.39, 0.29) is 5.78 Å². The number of pyridine rings is 1. The highest BCUT2D eigenvalue weighted by molar-refractivity contribution is 9.10. The normalized spacial score (nSPS) is 10.6. The molecule has 0 fully saturated rings. The number of carbonyl (C=O) groups is 1. The van der Waals surface area contributed by atoms with Crippen molar-refractivity contribution in [3.05, 3.63) is 46.0 Å². The summed E-state index contributed by atoms with van der Waals surface area (Å²) >= 11 is 3.32. The number of nitrogens with zero attached hydrogens (tertiary/aromatic N) is 3. The zero-order chi connectivity index (χ0) is 13.1. The lowest BCUT2D eigenvalue weighted by atomic mass is 10.1. The van der Waals surface area contributed by atoms with Gasteiger partial charge in [-0.25, -0.2) is 0 Å². The van der Waals surface area contributed by atoms with Gasteiger partial charge in [-0.15, -0.1) is 0 Å². The second kappa shape index (κ2) is 5.44. The standard InChI is InChI=1S/C13H14BrN3O/c1-3-17-12(6-9(2)16-17)13(18)7-11-5-4-10(14)8-15-11/h4-6,8H,3,7H2,1-2H3. The molecule has 0 saturated heterocycles. The van der Waals surface area contributed by atoms with Crippen LogP contribution in [0.5, 0.6) is 0 Å². The van der Waals surface area contributed by atoms with Crippen molar-refractivity contribution < 1.29 is 4.79 Å². The Labute approximate surface area is 114 Å². The Morgan fingerprint density at radius 3 is 2.83 bits per heavy atom. The van der Waals surface area contributed by atoms with Crippen molar-refractivity contribution in [2.75, 3.05) is 0 Å².